The lowest BCUT2D eigenvalue weighted by Gasteiger charge is -2.40. The van der Waals surface area contributed by atoms with Gasteiger partial charge in [0.25, 0.3) is 5.91 Å². The number of hydrogen-bond donors (Lipinski definition) is 1. The highest BCUT2D eigenvalue weighted by Crippen LogP contribution is 2.41. The van der Waals surface area contributed by atoms with Crippen molar-refractivity contribution in [3.63, 3.8) is 0 Å². The molecule has 6 nitrogen and oxygen atoms in total. The summed E-state index contributed by atoms with van der Waals surface area (Å²) < 4.78 is 10.9. The van der Waals surface area contributed by atoms with Crippen LogP contribution in [0, 0.1) is 5.92 Å². The van der Waals surface area contributed by atoms with E-state index in [0.717, 1.165) is 12.0 Å². The molecule has 2 aromatic rings. The molecule has 1 aromatic carbocycles. The van der Waals surface area contributed by atoms with Gasteiger partial charge in [0.15, 0.2) is 11.5 Å². The summed E-state index contributed by atoms with van der Waals surface area (Å²) in [6.45, 7) is 4.82. The third-order valence-corrected chi connectivity index (χ3v) is 4.85. The number of aromatic nitrogens is 1. The molecule has 1 aliphatic rings. The van der Waals surface area contributed by atoms with E-state index in [-0.39, 0.29) is 23.4 Å². The van der Waals surface area contributed by atoms with E-state index >= 15 is 0 Å². The smallest absolute Gasteiger partial charge is 0.255 e. The van der Waals surface area contributed by atoms with Gasteiger partial charge in [-0.25, -0.2) is 0 Å². The average molecular weight is 356 g/mol. The van der Waals surface area contributed by atoms with Crippen LogP contribution in [0.25, 0.3) is 0 Å². The summed E-state index contributed by atoms with van der Waals surface area (Å²) in [6.07, 6.45) is 2.22. The zero-order valence-corrected chi connectivity index (χ0v) is 15.5. The van der Waals surface area contributed by atoms with Crippen LogP contribution in [0.1, 0.15) is 41.4 Å². The molecule has 0 saturated carbocycles. The number of nitrogens with zero attached hydrogens (tertiary/aromatic N) is 1. The molecule has 1 aliphatic heterocycles. The third kappa shape index (κ3) is 3.19. The minimum Gasteiger partial charge on any atom is -0.493 e. The lowest BCUT2D eigenvalue weighted by molar-refractivity contribution is 0.0602. The monoisotopic (exact) mass is 356 g/mol. The second-order valence-electron chi connectivity index (χ2n) is 6.79. The number of methoxy groups -OCH3 is 2. The zero-order valence-electron chi connectivity index (χ0n) is 15.5. The van der Waals surface area contributed by atoms with Gasteiger partial charge in [0.05, 0.1) is 25.8 Å². The van der Waals surface area contributed by atoms with Crippen LogP contribution >= 0.6 is 0 Å². The highest BCUT2D eigenvalue weighted by molar-refractivity contribution is 5.94. The Hall–Kier alpha value is -2.76. The summed E-state index contributed by atoms with van der Waals surface area (Å²) in [7, 11) is 3.24. The van der Waals surface area contributed by atoms with Crippen LogP contribution in [-0.2, 0) is 6.42 Å². The first-order valence-electron chi connectivity index (χ1n) is 8.70. The Kier molecular flexibility index (Phi) is 5.02. The predicted molar refractivity (Wildman–Crippen MR) is 98.9 cm³/mol. The molecule has 138 valence electrons. The summed E-state index contributed by atoms with van der Waals surface area (Å²) >= 11 is 0. The minimum absolute atomic E-state index is 0.0713. The van der Waals surface area contributed by atoms with E-state index in [4.69, 9.17) is 9.47 Å². The molecule has 1 amide bonds. The molecule has 26 heavy (non-hydrogen) atoms. The first kappa shape index (κ1) is 18.0. The number of aromatic amines is 1. The summed E-state index contributed by atoms with van der Waals surface area (Å²) in [6, 6.07) is 6.86. The third-order valence-electron chi connectivity index (χ3n) is 4.85. The van der Waals surface area contributed by atoms with Crippen molar-refractivity contribution in [1.29, 1.82) is 0 Å². The summed E-state index contributed by atoms with van der Waals surface area (Å²) in [5, 5.41) is 0. The lowest BCUT2D eigenvalue weighted by atomic mass is 9.85. The van der Waals surface area contributed by atoms with Crippen molar-refractivity contribution in [3.8, 4) is 11.5 Å². The molecule has 0 saturated heterocycles. The van der Waals surface area contributed by atoms with Gasteiger partial charge in [-0.1, -0.05) is 13.8 Å². The quantitative estimate of drug-likeness (QED) is 0.914. The SMILES string of the molecule is COc1cc2c(cc1OC)C(C(C)C)N(C(=O)c1ccc(=O)[nH]c1)CC2. The highest BCUT2D eigenvalue weighted by atomic mass is 16.5. The van der Waals surface area contributed by atoms with E-state index in [1.54, 1.807) is 20.3 Å². The first-order valence-corrected chi connectivity index (χ1v) is 8.70. The van der Waals surface area contributed by atoms with Gasteiger partial charge in [-0.15, -0.1) is 0 Å². The molecule has 2 heterocycles. The zero-order chi connectivity index (χ0) is 18.8. The number of carbonyl (C=O) groups is 1. The molecule has 1 N–H and O–H groups in total. The van der Waals surface area contributed by atoms with Gasteiger partial charge in [0, 0.05) is 18.8 Å². The van der Waals surface area contributed by atoms with Crippen molar-refractivity contribution in [2.24, 2.45) is 5.92 Å². The normalized spacial score (nSPS) is 16.3. The fraction of sp³-hybridized carbons (Fsp3) is 0.400. The van der Waals surface area contributed by atoms with Gasteiger partial charge in [-0.05, 0) is 41.7 Å². The number of pyridine rings is 1. The number of ether oxygens (including phenoxy) is 2. The maximum Gasteiger partial charge on any atom is 0.255 e. The standard InChI is InChI=1S/C20H24N2O4/c1-12(2)19-15-10-17(26-4)16(25-3)9-13(15)7-8-22(19)20(24)14-5-6-18(23)21-11-14/h5-6,9-12,19H,7-8H2,1-4H3,(H,21,23). The van der Waals surface area contributed by atoms with Gasteiger partial charge in [-0.3, -0.25) is 9.59 Å². The molecular weight excluding hydrogens is 332 g/mol. The number of nitrogens with one attached hydrogen (secondary N) is 1. The van der Waals surface area contributed by atoms with Crippen molar-refractivity contribution in [3.05, 3.63) is 57.5 Å². The molecule has 6 heteroatoms. The molecule has 0 bridgehead atoms. The van der Waals surface area contributed by atoms with Crippen LogP contribution in [0.3, 0.4) is 0 Å². The van der Waals surface area contributed by atoms with Crippen LogP contribution in [-0.4, -0.2) is 36.6 Å². The Morgan fingerprint density at radius 2 is 1.88 bits per heavy atom. The van der Waals surface area contributed by atoms with E-state index in [1.807, 2.05) is 17.0 Å². The molecular formula is C20H24N2O4. The number of fused-ring (bicyclic) bond motifs is 1. The Morgan fingerprint density at radius 3 is 2.46 bits per heavy atom. The maximum absolute atomic E-state index is 13.1. The van der Waals surface area contributed by atoms with Crippen molar-refractivity contribution < 1.29 is 14.3 Å². The van der Waals surface area contributed by atoms with Gasteiger partial charge in [0.2, 0.25) is 5.56 Å². The Morgan fingerprint density at radius 1 is 1.19 bits per heavy atom. The molecule has 1 unspecified atom stereocenters. The lowest BCUT2D eigenvalue weighted by Crippen LogP contribution is -2.42. The van der Waals surface area contributed by atoms with Crippen LogP contribution < -0.4 is 15.0 Å². The van der Waals surface area contributed by atoms with Crippen molar-refractivity contribution in [1.82, 2.24) is 9.88 Å². The summed E-state index contributed by atoms with van der Waals surface area (Å²) in [5.74, 6) is 1.50. The van der Waals surface area contributed by atoms with E-state index in [1.165, 1.54) is 17.8 Å². The van der Waals surface area contributed by atoms with Gasteiger partial charge in [-0.2, -0.15) is 0 Å². The molecule has 0 radical (unpaired) electrons. The van der Waals surface area contributed by atoms with Crippen LogP contribution in [0.5, 0.6) is 11.5 Å². The molecule has 0 spiro atoms. The number of rotatable bonds is 4. The number of carbonyl (C=O) groups excluding carboxylic acids is 1. The van der Waals surface area contributed by atoms with Crippen LogP contribution in [0.15, 0.2) is 35.3 Å². The molecule has 1 aromatic heterocycles. The molecule has 0 aliphatic carbocycles. The van der Waals surface area contributed by atoms with E-state index in [0.29, 0.717) is 23.6 Å². The Bertz CT molecular complexity index is 852. The van der Waals surface area contributed by atoms with Crippen LogP contribution in [0.2, 0.25) is 0 Å². The summed E-state index contributed by atoms with van der Waals surface area (Å²) in [4.78, 5) is 28.8. The van der Waals surface area contributed by atoms with Crippen molar-refractivity contribution >= 4 is 5.91 Å². The second kappa shape index (κ2) is 7.23. The largest absolute Gasteiger partial charge is 0.493 e. The molecule has 1 atom stereocenters. The maximum atomic E-state index is 13.1. The highest BCUT2D eigenvalue weighted by Gasteiger charge is 2.34. The number of amides is 1. The number of hydrogen-bond acceptors (Lipinski definition) is 4. The Labute approximate surface area is 152 Å². The van der Waals surface area contributed by atoms with Crippen molar-refractivity contribution in [2.45, 2.75) is 26.3 Å². The summed E-state index contributed by atoms with van der Waals surface area (Å²) in [5.41, 5.74) is 2.52. The molecule has 0 fully saturated rings. The van der Waals surface area contributed by atoms with Crippen molar-refractivity contribution in [2.75, 3.05) is 20.8 Å². The Balaban J connectivity index is 2.03. The second-order valence-corrected chi connectivity index (χ2v) is 6.79. The van der Waals surface area contributed by atoms with Gasteiger partial charge in [0.1, 0.15) is 0 Å². The predicted octanol–water partition coefficient (Wildman–Crippen LogP) is 2.79. The van der Waals surface area contributed by atoms with Gasteiger partial charge < -0.3 is 19.4 Å². The first-order chi connectivity index (χ1) is 12.5. The van der Waals surface area contributed by atoms with E-state index in [2.05, 4.69) is 18.8 Å². The van der Waals surface area contributed by atoms with Crippen LogP contribution in [0.4, 0.5) is 0 Å². The average Bonchev–Trinajstić information content (AvgIpc) is 2.65. The minimum atomic E-state index is -0.220. The van der Waals surface area contributed by atoms with E-state index in [9.17, 15) is 9.59 Å². The fourth-order valence-corrected chi connectivity index (χ4v) is 3.63. The number of H-pyrrole nitrogens is 1. The number of benzene rings is 1. The van der Waals surface area contributed by atoms with E-state index < -0.39 is 0 Å². The fourth-order valence-electron chi connectivity index (χ4n) is 3.63. The molecule has 3 rings (SSSR count). The topological polar surface area (TPSA) is 71.6 Å². The van der Waals surface area contributed by atoms with Gasteiger partial charge >= 0.3 is 0 Å².